The number of hydrogen-bond acceptors (Lipinski definition) is 3. The van der Waals surface area contributed by atoms with Gasteiger partial charge in [0.25, 0.3) is 0 Å². The number of benzene rings is 2. The van der Waals surface area contributed by atoms with E-state index in [1.807, 2.05) is 30.3 Å². The van der Waals surface area contributed by atoms with Crippen LogP contribution in [0, 0.1) is 0 Å². The molecule has 2 rings (SSSR count). The summed E-state index contributed by atoms with van der Waals surface area (Å²) in [5.41, 5.74) is 3.12. The molecule has 0 unspecified atom stereocenters. The van der Waals surface area contributed by atoms with Crippen molar-refractivity contribution >= 4 is 11.9 Å². The molecule has 126 valence electrons. The molecule has 1 amide bonds. The van der Waals surface area contributed by atoms with E-state index < -0.39 is 5.97 Å². The first-order chi connectivity index (χ1) is 11.6. The van der Waals surface area contributed by atoms with Crippen molar-refractivity contribution in [2.24, 2.45) is 0 Å². The molecule has 2 N–H and O–H groups in total. The third-order valence-corrected chi connectivity index (χ3v) is 3.58. The Labute approximate surface area is 141 Å². The Morgan fingerprint density at radius 2 is 1.75 bits per heavy atom. The van der Waals surface area contributed by atoms with Gasteiger partial charge in [-0.25, -0.2) is 4.79 Å². The minimum absolute atomic E-state index is 0.0565. The molecule has 0 saturated heterocycles. The molecule has 2 aromatic carbocycles. The molecule has 0 heterocycles. The highest BCUT2D eigenvalue weighted by Gasteiger charge is 2.06. The molecule has 0 bridgehead atoms. The third-order valence-electron chi connectivity index (χ3n) is 3.58. The predicted octanol–water partition coefficient (Wildman–Crippen LogP) is 2.43. The molecule has 0 aromatic heterocycles. The summed E-state index contributed by atoms with van der Waals surface area (Å²) in [5, 5.41) is 11.8. The number of aromatic carboxylic acids is 1. The van der Waals surface area contributed by atoms with E-state index >= 15 is 0 Å². The van der Waals surface area contributed by atoms with Crippen LogP contribution in [0.15, 0.2) is 48.5 Å². The second-order valence-electron chi connectivity index (χ2n) is 5.54. The fourth-order valence-corrected chi connectivity index (χ4v) is 2.45. The van der Waals surface area contributed by atoms with Gasteiger partial charge in [-0.3, -0.25) is 4.79 Å². The van der Waals surface area contributed by atoms with E-state index in [-0.39, 0.29) is 11.5 Å². The minimum atomic E-state index is -0.947. The van der Waals surface area contributed by atoms with Crippen molar-refractivity contribution in [3.63, 3.8) is 0 Å². The number of carbonyl (C=O) groups is 2. The number of nitrogens with one attached hydrogen (secondary N) is 1. The molecule has 5 nitrogen and oxygen atoms in total. The second kappa shape index (κ2) is 8.84. The van der Waals surface area contributed by atoms with Crippen LogP contribution in [0.5, 0.6) is 0 Å². The van der Waals surface area contributed by atoms with Gasteiger partial charge in [0.15, 0.2) is 0 Å². The first-order valence-corrected chi connectivity index (χ1v) is 7.74. The third kappa shape index (κ3) is 5.52. The molecule has 2 aromatic rings. The van der Waals surface area contributed by atoms with E-state index in [0.29, 0.717) is 26.0 Å². The van der Waals surface area contributed by atoms with Gasteiger partial charge in [-0.2, -0.15) is 0 Å². The van der Waals surface area contributed by atoms with Crippen LogP contribution >= 0.6 is 0 Å². The zero-order chi connectivity index (χ0) is 17.4. The predicted molar refractivity (Wildman–Crippen MR) is 91.0 cm³/mol. The zero-order valence-corrected chi connectivity index (χ0v) is 13.6. The summed E-state index contributed by atoms with van der Waals surface area (Å²) in [6, 6.07) is 14.5. The zero-order valence-electron chi connectivity index (χ0n) is 13.6. The smallest absolute Gasteiger partial charge is 0.335 e. The SMILES string of the molecule is COCc1cccc(CC(=O)NCCc2cccc(C(=O)O)c2)c1. The lowest BCUT2D eigenvalue weighted by Gasteiger charge is -2.07. The van der Waals surface area contributed by atoms with Gasteiger partial charge in [0.1, 0.15) is 0 Å². The highest BCUT2D eigenvalue weighted by molar-refractivity contribution is 5.87. The van der Waals surface area contributed by atoms with Gasteiger partial charge in [0.2, 0.25) is 5.91 Å². The summed E-state index contributed by atoms with van der Waals surface area (Å²) in [5.74, 6) is -1.00. The topological polar surface area (TPSA) is 75.6 Å². The quantitative estimate of drug-likeness (QED) is 0.781. The number of amides is 1. The number of ether oxygens (including phenoxy) is 1. The van der Waals surface area contributed by atoms with Crippen molar-refractivity contribution < 1.29 is 19.4 Å². The summed E-state index contributed by atoms with van der Waals surface area (Å²) < 4.78 is 5.09. The number of carbonyl (C=O) groups excluding carboxylic acids is 1. The molecule has 0 radical (unpaired) electrons. The van der Waals surface area contributed by atoms with Gasteiger partial charge < -0.3 is 15.2 Å². The Hall–Kier alpha value is -2.66. The van der Waals surface area contributed by atoms with E-state index in [4.69, 9.17) is 9.84 Å². The van der Waals surface area contributed by atoms with E-state index in [2.05, 4.69) is 5.32 Å². The van der Waals surface area contributed by atoms with Crippen LogP contribution < -0.4 is 5.32 Å². The van der Waals surface area contributed by atoms with E-state index in [9.17, 15) is 9.59 Å². The molecule has 0 aliphatic carbocycles. The maximum absolute atomic E-state index is 12.0. The van der Waals surface area contributed by atoms with Gasteiger partial charge in [-0.05, 0) is 35.2 Å². The van der Waals surface area contributed by atoms with Gasteiger partial charge in [0, 0.05) is 13.7 Å². The first-order valence-electron chi connectivity index (χ1n) is 7.74. The van der Waals surface area contributed by atoms with E-state index in [0.717, 1.165) is 16.7 Å². The van der Waals surface area contributed by atoms with Crippen LogP contribution in [0.3, 0.4) is 0 Å². The van der Waals surface area contributed by atoms with Gasteiger partial charge in [-0.1, -0.05) is 36.4 Å². The number of hydrogen-bond donors (Lipinski definition) is 2. The monoisotopic (exact) mass is 327 g/mol. The highest BCUT2D eigenvalue weighted by atomic mass is 16.5. The lowest BCUT2D eigenvalue weighted by Crippen LogP contribution is -2.27. The molecule has 24 heavy (non-hydrogen) atoms. The summed E-state index contributed by atoms with van der Waals surface area (Å²) in [6.07, 6.45) is 0.906. The second-order valence-corrected chi connectivity index (χ2v) is 5.54. The van der Waals surface area contributed by atoms with Crippen molar-refractivity contribution in [3.05, 3.63) is 70.8 Å². The largest absolute Gasteiger partial charge is 0.478 e. The Kier molecular flexibility index (Phi) is 6.51. The number of carboxylic acids is 1. The number of methoxy groups -OCH3 is 1. The number of rotatable bonds is 8. The lowest BCUT2D eigenvalue weighted by atomic mass is 10.1. The maximum atomic E-state index is 12.0. The first kappa shape index (κ1) is 17.7. The summed E-state index contributed by atoms with van der Waals surface area (Å²) in [4.78, 5) is 22.9. The van der Waals surface area contributed by atoms with Gasteiger partial charge in [-0.15, -0.1) is 0 Å². The molecular weight excluding hydrogens is 306 g/mol. The summed E-state index contributed by atoms with van der Waals surface area (Å²) in [6.45, 7) is 0.995. The lowest BCUT2D eigenvalue weighted by molar-refractivity contribution is -0.120. The van der Waals surface area contributed by atoms with Gasteiger partial charge >= 0.3 is 5.97 Å². The Morgan fingerprint density at radius 1 is 1.04 bits per heavy atom. The van der Waals surface area contributed by atoms with Gasteiger partial charge in [0.05, 0.1) is 18.6 Å². The normalized spacial score (nSPS) is 10.4. The maximum Gasteiger partial charge on any atom is 0.335 e. The molecule has 5 heteroatoms. The average Bonchev–Trinajstić information content (AvgIpc) is 2.56. The Bertz CT molecular complexity index is 712. The molecule has 0 fully saturated rings. The van der Waals surface area contributed by atoms with Crippen molar-refractivity contribution in [1.82, 2.24) is 5.32 Å². The van der Waals surface area contributed by atoms with Crippen molar-refractivity contribution in [2.75, 3.05) is 13.7 Å². The average molecular weight is 327 g/mol. The standard InChI is InChI=1S/C19H21NO4/c1-24-13-16-6-2-5-15(10-16)12-18(21)20-9-8-14-4-3-7-17(11-14)19(22)23/h2-7,10-11H,8-9,12-13H2,1H3,(H,20,21)(H,22,23). The van der Waals surface area contributed by atoms with E-state index in [1.54, 1.807) is 25.3 Å². The molecule has 0 aliphatic heterocycles. The minimum Gasteiger partial charge on any atom is -0.478 e. The van der Waals surface area contributed by atoms with Crippen LogP contribution in [0.1, 0.15) is 27.0 Å². The van der Waals surface area contributed by atoms with Crippen LogP contribution in [-0.2, 0) is 29.0 Å². The van der Waals surface area contributed by atoms with Crippen LogP contribution in [0.25, 0.3) is 0 Å². The molecular formula is C19H21NO4. The fourth-order valence-electron chi connectivity index (χ4n) is 2.45. The number of carboxylic acid groups (broad SMARTS) is 1. The molecule has 0 aliphatic rings. The fraction of sp³-hybridized carbons (Fsp3) is 0.263. The van der Waals surface area contributed by atoms with Crippen LogP contribution in [-0.4, -0.2) is 30.6 Å². The van der Waals surface area contributed by atoms with Crippen molar-refractivity contribution in [1.29, 1.82) is 0 Å². The van der Waals surface area contributed by atoms with E-state index in [1.165, 1.54) is 0 Å². The van der Waals surface area contributed by atoms with Crippen LogP contribution in [0.4, 0.5) is 0 Å². The summed E-state index contributed by atoms with van der Waals surface area (Å²) in [7, 11) is 1.64. The Morgan fingerprint density at radius 3 is 2.50 bits per heavy atom. The van der Waals surface area contributed by atoms with Crippen molar-refractivity contribution in [3.8, 4) is 0 Å². The summed E-state index contributed by atoms with van der Waals surface area (Å²) >= 11 is 0. The Balaban J connectivity index is 1.82. The molecule has 0 atom stereocenters. The molecule has 0 saturated carbocycles. The molecule has 0 spiro atoms. The highest BCUT2D eigenvalue weighted by Crippen LogP contribution is 2.08. The van der Waals surface area contributed by atoms with Crippen LogP contribution in [0.2, 0.25) is 0 Å². The van der Waals surface area contributed by atoms with Crippen molar-refractivity contribution in [2.45, 2.75) is 19.4 Å².